The standard InChI is InChI=1S/C24H33N3O4/c1-3-4-5-14-25-24(28)27-20-8-11-22(23(17-20)29-2)31-21-9-6-18(7-10-21)26-19-12-15-30-16-13-19/h6-11,17,19,26H,3-5,12-16H2,1-2H3,(H2,25,27,28). The predicted molar refractivity (Wildman–Crippen MR) is 124 cm³/mol. The lowest BCUT2D eigenvalue weighted by Crippen LogP contribution is -2.29. The molecule has 1 aliphatic rings. The molecule has 7 heteroatoms. The highest BCUT2D eigenvalue weighted by atomic mass is 16.5. The van der Waals surface area contributed by atoms with E-state index in [1.54, 1.807) is 25.3 Å². The first-order valence-electron chi connectivity index (χ1n) is 11.0. The molecule has 0 bridgehead atoms. The van der Waals surface area contributed by atoms with Crippen LogP contribution in [0.15, 0.2) is 42.5 Å². The predicted octanol–water partition coefficient (Wildman–Crippen LogP) is 5.39. The van der Waals surface area contributed by atoms with Crippen molar-refractivity contribution in [3.05, 3.63) is 42.5 Å². The molecule has 0 aliphatic carbocycles. The Hall–Kier alpha value is -2.93. The summed E-state index contributed by atoms with van der Waals surface area (Å²) in [5.41, 5.74) is 1.71. The summed E-state index contributed by atoms with van der Waals surface area (Å²) in [7, 11) is 1.58. The van der Waals surface area contributed by atoms with Gasteiger partial charge in [0, 0.05) is 43.2 Å². The lowest BCUT2D eigenvalue weighted by molar-refractivity contribution is 0.0904. The van der Waals surface area contributed by atoms with Crippen molar-refractivity contribution in [2.45, 2.75) is 45.1 Å². The number of nitrogens with one attached hydrogen (secondary N) is 3. The van der Waals surface area contributed by atoms with Gasteiger partial charge in [-0.15, -0.1) is 0 Å². The van der Waals surface area contributed by atoms with E-state index in [0.717, 1.165) is 51.0 Å². The maximum absolute atomic E-state index is 12.0. The molecule has 1 heterocycles. The normalized spacial score (nSPS) is 14.0. The summed E-state index contributed by atoms with van der Waals surface area (Å²) in [5, 5.41) is 9.22. The molecule has 3 rings (SSSR count). The van der Waals surface area contributed by atoms with Gasteiger partial charge in [-0.25, -0.2) is 4.79 Å². The molecule has 1 aliphatic heterocycles. The Bertz CT molecular complexity index is 820. The molecule has 2 aromatic carbocycles. The zero-order valence-corrected chi connectivity index (χ0v) is 18.4. The van der Waals surface area contributed by atoms with Crippen molar-refractivity contribution in [3.8, 4) is 17.2 Å². The summed E-state index contributed by atoms with van der Waals surface area (Å²) in [6.45, 7) is 4.42. The lowest BCUT2D eigenvalue weighted by atomic mass is 10.1. The van der Waals surface area contributed by atoms with Crippen LogP contribution in [0.3, 0.4) is 0 Å². The third-order valence-corrected chi connectivity index (χ3v) is 5.16. The quantitative estimate of drug-likeness (QED) is 0.443. The number of carbonyl (C=O) groups excluding carboxylic acids is 1. The first kappa shape index (κ1) is 22.7. The molecule has 1 fully saturated rings. The fourth-order valence-corrected chi connectivity index (χ4v) is 3.41. The van der Waals surface area contributed by atoms with Crippen LogP contribution in [0.1, 0.15) is 39.0 Å². The van der Waals surface area contributed by atoms with Gasteiger partial charge in [0.15, 0.2) is 11.5 Å². The fourth-order valence-electron chi connectivity index (χ4n) is 3.41. The van der Waals surface area contributed by atoms with Crippen LogP contribution in [-0.4, -0.2) is 38.9 Å². The number of hydrogen-bond donors (Lipinski definition) is 3. The molecule has 168 valence electrons. The van der Waals surface area contributed by atoms with Gasteiger partial charge in [-0.05, 0) is 55.7 Å². The molecule has 0 unspecified atom stereocenters. The first-order chi connectivity index (χ1) is 15.2. The number of urea groups is 1. The van der Waals surface area contributed by atoms with E-state index in [1.807, 2.05) is 24.3 Å². The van der Waals surface area contributed by atoms with E-state index in [4.69, 9.17) is 14.2 Å². The van der Waals surface area contributed by atoms with Gasteiger partial charge >= 0.3 is 6.03 Å². The molecule has 0 atom stereocenters. The van der Waals surface area contributed by atoms with Crippen molar-refractivity contribution in [2.24, 2.45) is 0 Å². The van der Waals surface area contributed by atoms with E-state index >= 15 is 0 Å². The van der Waals surface area contributed by atoms with Gasteiger partial charge in [-0.1, -0.05) is 19.8 Å². The minimum Gasteiger partial charge on any atom is -0.493 e. The van der Waals surface area contributed by atoms with E-state index in [1.165, 1.54) is 0 Å². The second kappa shape index (κ2) is 12.1. The summed E-state index contributed by atoms with van der Waals surface area (Å²) >= 11 is 0. The minimum absolute atomic E-state index is 0.223. The van der Waals surface area contributed by atoms with Crippen molar-refractivity contribution >= 4 is 17.4 Å². The van der Waals surface area contributed by atoms with Gasteiger partial charge in [0.1, 0.15) is 5.75 Å². The van der Waals surface area contributed by atoms with E-state index < -0.39 is 0 Å². The number of unbranched alkanes of at least 4 members (excludes halogenated alkanes) is 2. The summed E-state index contributed by atoms with van der Waals surface area (Å²) in [4.78, 5) is 12.0. The number of hydrogen-bond acceptors (Lipinski definition) is 5. The minimum atomic E-state index is -0.223. The Morgan fingerprint density at radius 1 is 1.03 bits per heavy atom. The molecule has 2 amide bonds. The summed E-state index contributed by atoms with van der Waals surface area (Å²) in [5.74, 6) is 1.85. The number of ether oxygens (including phenoxy) is 3. The molecule has 3 N–H and O–H groups in total. The first-order valence-corrected chi connectivity index (χ1v) is 11.0. The highest BCUT2D eigenvalue weighted by Gasteiger charge is 2.13. The Morgan fingerprint density at radius 3 is 2.48 bits per heavy atom. The Labute approximate surface area is 184 Å². The van der Waals surface area contributed by atoms with Gasteiger partial charge in [0.05, 0.1) is 7.11 Å². The molecule has 7 nitrogen and oxygen atoms in total. The van der Waals surface area contributed by atoms with Gasteiger partial charge in [-0.2, -0.15) is 0 Å². The largest absolute Gasteiger partial charge is 0.493 e. The number of carbonyl (C=O) groups is 1. The monoisotopic (exact) mass is 427 g/mol. The molecular weight excluding hydrogens is 394 g/mol. The van der Waals surface area contributed by atoms with Gasteiger partial charge in [0.2, 0.25) is 0 Å². The average Bonchev–Trinajstić information content (AvgIpc) is 2.80. The highest BCUT2D eigenvalue weighted by molar-refractivity contribution is 5.89. The molecule has 0 saturated carbocycles. The zero-order chi connectivity index (χ0) is 21.9. The Kier molecular flexibility index (Phi) is 8.84. The zero-order valence-electron chi connectivity index (χ0n) is 18.4. The third kappa shape index (κ3) is 7.36. The topological polar surface area (TPSA) is 80.9 Å². The SMILES string of the molecule is CCCCCNC(=O)Nc1ccc(Oc2ccc(NC3CCOCC3)cc2)c(OC)c1. The maximum Gasteiger partial charge on any atom is 0.319 e. The fraction of sp³-hybridized carbons (Fsp3) is 0.458. The van der Waals surface area contributed by atoms with Crippen molar-refractivity contribution in [1.82, 2.24) is 5.32 Å². The van der Waals surface area contributed by atoms with Crippen molar-refractivity contribution in [2.75, 3.05) is 37.5 Å². The molecule has 31 heavy (non-hydrogen) atoms. The van der Waals surface area contributed by atoms with E-state index in [0.29, 0.717) is 35.5 Å². The highest BCUT2D eigenvalue weighted by Crippen LogP contribution is 2.34. The Balaban J connectivity index is 1.55. The average molecular weight is 428 g/mol. The van der Waals surface area contributed by atoms with E-state index in [-0.39, 0.29) is 6.03 Å². The van der Waals surface area contributed by atoms with Crippen LogP contribution < -0.4 is 25.4 Å². The van der Waals surface area contributed by atoms with Crippen LogP contribution in [-0.2, 0) is 4.74 Å². The molecule has 2 aromatic rings. The second-order valence-electron chi connectivity index (χ2n) is 7.61. The van der Waals surface area contributed by atoms with Crippen molar-refractivity contribution in [3.63, 3.8) is 0 Å². The van der Waals surface area contributed by atoms with Crippen LogP contribution in [0.5, 0.6) is 17.2 Å². The number of rotatable bonds is 10. The molecular formula is C24H33N3O4. The smallest absolute Gasteiger partial charge is 0.319 e. The summed E-state index contributed by atoms with van der Waals surface area (Å²) in [6.07, 6.45) is 5.24. The molecule has 0 aromatic heterocycles. The van der Waals surface area contributed by atoms with Gasteiger partial charge in [0.25, 0.3) is 0 Å². The second-order valence-corrected chi connectivity index (χ2v) is 7.61. The van der Waals surface area contributed by atoms with Crippen molar-refractivity contribution < 1.29 is 19.0 Å². The van der Waals surface area contributed by atoms with Crippen LogP contribution in [0, 0.1) is 0 Å². The van der Waals surface area contributed by atoms with E-state index in [2.05, 4.69) is 22.9 Å². The van der Waals surface area contributed by atoms with Crippen LogP contribution in [0.25, 0.3) is 0 Å². The third-order valence-electron chi connectivity index (χ3n) is 5.16. The van der Waals surface area contributed by atoms with Crippen LogP contribution in [0.2, 0.25) is 0 Å². The van der Waals surface area contributed by atoms with Crippen LogP contribution in [0.4, 0.5) is 16.2 Å². The molecule has 0 spiro atoms. The maximum atomic E-state index is 12.0. The van der Waals surface area contributed by atoms with Gasteiger partial charge < -0.3 is 30.2 Å². The van der Waals surface area contributed by atoms with Crippen LogP contribution >= 0.6 is 0 Å². The van der Waals surface area contributed by atoms with E-state index in [9.17, 15) is 4.79 Å². The molecule has 1 saturated heterocycles. The summed E-state index contributed by atoms with van der Waals surface area (Å²) < 4.78 is 16.9. The Morgan fingerprint density at radius 2 is 1.77 bits per heavy atom. The molecule has 0 radical (unpaired) electrons. The number of methoxy groups -OCH3 is 1. The number of amides is 2. The summed E-state index contributed by atoms with van der Waals surface area (Å²) in [6, 6.07) is 13.4. The number of benzene rings is 2. The van der Waals surface area contributed by atoms with Crippen molar-refractivity contribution in [1.29, 1.82) is 0 Å². The number of anilines is 2. The van der Waals surface area contributed by atoms with Gasteiger partial charge in [-0.3, -0.25) is 0 Å². The lowest BCUT2D eigenvalue weighted by Gasteiger charge is -2.24.